The molecule has 9 N–H and O–H groups in total. The third-order valence-corrected chi connectivity index (χ3v) is 7.77. The number of carboxylic acids is 1. The molecule has 6 amide bonds. The summed E-state index contributed by atoms with van der Waals surface area (Å²) in [6.07, 6.45) is 1.38. The van der Waals surface area contributed by atoms with Gasteiger partial charge in [-0.1, -0.05) is 6.07 Å². The molecule has 57 heavy (non-hydrogen) atoms. The van der Waals surface area contributed by atoms with Crippen molar-refractivity contribution in [3.63, 3.8) is 0 Å². The van der Waals surface area contributed by atoms with E-state index in [1.54, 1.807) is 24.3 Å². The third-order valence-electron chi connectivity index (χ3n) is 7.77. The topological polar surface area (TPSA) is 300 Å². The molecule has 0 saturated carbocycles. The Morgan fingerprint density at radius 3 is 2.09 bits per heavy atom. The Kier molecular flexibility index (Phi) is 18.8. The van der Waals surface area contributed by atoms with Crippen LogP contribution in [0.5, 0.6) is 5.75 Å². The summed E-state index contributed by atoms with van der Waals surface area (Å²) in [5, 5.41) is 19.7. The minimum atomic E-state index is -1.28. The molecule has 1 aliphatic rings. The number of Topliss-reactive ketones (excluding diaryl/α,β-unsaturated/α-hetero) is 1. The van der Waals surface area contributed by atoms with Crippen LogP contribution in [0.15, 0.2) is 65.7 Å². The predicted octanol–water partition coefficient (Wildman–Crippen LogP) is -0.640. The zero-order chi connectivity index (χ0) is 41.6. The predicted molar refractivity (Wildman–Crippen MR) is 203 cm³/mol. The van der Waals surface area contributed by atoms with Crippen LogP contribution in [-0.4, -0.2) is 122 Å². The van der Waals surface area contributed by atoms with Crippen molar-refractivity contribution in [1.29, 1.82) is 0 Å². The molecule has 3 rings (SSSR count). The maximum Gasteiger partial charge on any atom is 0.304 e. The Morgan fingerprint density at radius 1 is 0.772 bits per heavy atom. The summed E-state index contributed by atoms with van der Waals surface area (Å²) in [6.45, 7) is 1.07. The SMILES string of the molecule is NC(N)=Nc1cccc(C(=O)NCC(=O)C[C@@H](CC(=O)O)C(=O)Nc2ccc(OCCNC(=O)CCOCCOCCNC(=O)CCN3C(=O)C=CC3=O)cc2)c1. The van der Waals surface area contributed by atoms with Crippen molar-refractivity contribution in [1.82, 2.24) is 20.9 Å². The molecule has 306 valence electrons. The van der Waals surface area contributed by atoms with Crippen molar-refractivity contribution < 1.29 is 57.7 Å². The van der Waals surface area contributed by atoms with E-state index in [2.05, 4.69) is 26.3 Å². The quantitative estimate of drug-likeness (QED) is 0.0270. The summed E-state index contributed by atoms with van der Waals surface area (Å²) in [7, 11) is 0. The molecule has 0 bridgehead atoms. The fraction of sp³-hybridized carbons (Fsp3) is 0.378. The summed E-state index contributed by atoms with van der Waals surface area (Å²) >= 11 is 0. The van der Waals surface area contributed by atoms with Crippen LogP contribution < -0.4 is 37.5 Å². The molecule has 0 aromatic heterocycles. The van der Waals surface area contributed by atoms with Crippen LogP contribution in [0.25, 0.3) is 0 Å². The molecule has 2 aromatic carbocycles. The van der Waals surface area contributed by atoms with Crippen molar-refractivity contribution in [3.05, 3.63) is 66.2 Å². The highest BCUT2D eigenvalue weighted by Gasteiger charge is 2.26. The Labute approximate surface area is 327 Å². The molecule has 0 fully saturated rings. The van der Waals surface area contributed by atoms with Gasteiger partial charge in [0, 0.05) is 55.8 Å². The molecule has 0 radical (unpaired) electrons. The van der Waals surface area contributed by atoms with E-state index in [1.807, 2.05) is 0 Å². The molecule has 20 nitrogen and oxygen atoms in total. The van der Waals surface area contributed by atoms with Gasteiger partial charge in [0.15, 0.2) is 11.7 Å². The number of carbonyl (C=O) groups excluding carboxylic acids is 7. The fourth-order valence-corrected chi connectivity index (χ4v) is 4.99. The second-order valence-corrected chi connectivity index (χ2v) is 12.3. The van der Waals surface area contributed by atoms with E-state index in [9.17, 15) is 43.5 Å². The average molecular weight is 795 g/mol. The number of nitrogens with one attached hydrogen (secondary N) is 4. The van der Waals surface area contributed by atoms with Crippen molar-refractivity contribution in [2.75, 3.05) is 64.5 Å². The van der Waals surface area contributed by atoms with Gasteiger partial charge in [0.05, 0.1) is 57.5 Å². The van der Waals surface area contributed by atoms with Gasteiger partial charge in [0.1, 0.15) is 12.4 Å². The Balaban J connectivity index is 1.24. The van der Waals surface area contributed by atoms with Gasteiger partial charge in [-0.2, -0.15) is 0 Å². The molecule has 20 heteroatoms. The number of imide groups is 1. The highest BCUT2D eigenvalue weighted by atomic mass is 16.5. The summed E-state index contributed by atoms with van der Waals surface area (Å²) in [6, 6.07) is 12.2. The first kappa shape index (κ1) is 44.7. The van der Waals surface area contributed by atoms with E-state index >= 15 is 0 Å². The highest BCUT2D eigenvalue weighted by Crippen LogP contribution is 2.19. The van der Waals surface area contributed by atoms with Crippen LogP contribution >= 0.6 is 0 Å². The van der Waals surface area contributed by atoms with Crippen LogP contribution in [0.3, 0.4) is 0 Å². The Bertz CT molecular complexity index is 1790. The lowest BCUT2D eigenvalue weighted by Gasteiger charge is -2.15. The van der Waals surface area contributed by atoms with Crippen LogP contribution in [-0.2, 0) is 43.0 Å². The number of hydrogen-bond acceptors (Lipinski definition) is 12. The first-order valence-electron chi connectivity index (χ1n) is 17.8. The maximum absolute atomic E-state index is 12.9. The number of anilines is 1. The zero-order valence-corrected chi connectivity index (χ0v) is 31.0. The molecular formula is C37H46N8O12. The van der Waals surface area contributed by atoms with Gasteiger partial charge >= 0.3 is 5.97 Å². The number of carbonyl (C=O) groups is 8. The summed E-state index contributed by atoms with van der Waals surface area (Å²) in [5.41, 5.74) is 11.6. The lowest BCUT2D eigenvalue weighted by atomic mass is 9.97. The van der Waals surface area contributed by atoms with Gasteiger partial charge in [0.2, 0.25) is 17.7 Å². The van der Waals surface area contributed by atoms with Gasteiger partial charge in [-0.15, -0.1) is 0 Å². The molecule has 1 atom stereocenters. The van der Waals surface area contributed by atoms with Crippen molar-refractivity contribution in [2.24, 2.45) is 22.4 Å². The number of hydrogen-bond donors (Lipinski definition) is 7. The van der Waals surface area contributed by atoms with Gasteiger partial charge in [-0.3, -0.25) is 43.3 Å². The number of guanidine groups is 1. The molecule has 2 aromatic rings. The second-order valence-electron chi connectivity index (χ2n) is 12.3. The number of nitrogens with zero attached hydrogens (tertiary/aromatic N) is 2. The third kappa shape index (κ3) is 17.6. The Morgan fingerprint density at radius 2 is 1.42 bits per heavy atom. The summed E-state index contributed by atoms with van der Waals surface area (Å²) < 4.78 is 16.4. The number of carboxylic acid groups (broad SMARTS) is 1. The van der Waals surface area contributed by atoms with E-state index in [-0.39, 0.29) is 88.8 Å². The number of ketones is 1. The molecule has 0 saturated heterocycles. The standard InChI is InChI=1S/C37H46N8O12/c38-37(39)44-27-3-1-2-24(20-27)35(53)42-23-28(46)21-25(22-34(51)52)36(54)43-26-4-6-29(7-5-26)57-17-13-41-31(48)11-15-55-18-19-56-16-12-40-30(47)10-14-45-32(49)8-9-33(45)50/h1-9,20,25H,10-19,21-23H2,(H,40,47)(H,41,48)(H,42,53)(H,43,54)(H,51,52)(H4,38,39,44)/t25-/m0/s1. The van der Waals surface area contributed by atoms with Gasteiger partial charge < -0.3 is 52.1 Å². The maximum atomic E-state index is 12.9. The first-order valence-corrected chi connectivity index (χ1v) is 17.8. The van der Waals surface area contributed by atoms with E-state index in [4.69, 9.17) is 25.7 Å². The number of amides is 6. The molecule has 1 heterocycles. The number of nitrogens with two attached hydrogens (primary N) is 2. The molecule has 0 unspecified atom stereocenters. The minimum Gasteiger partial charge on any atom is -0.492 e. The minimum absolute atomic E-state index is 0.00623. The van der Waals surface area contributed by atoms with E-state index in [0.717, 1.165) is 17.1 Å². The number of rotatable bonds is 26. The lowest BCUT2D eigenvalue weighted by Crippen LogP contribution is -2.35. The number of aliphatic carboxylic acids is 1. The molecule has 1 aliphatic heterocycles. The van der Waals surface area contributed by atoms with Crippen LogP contribution in [0, 0.1) is 5.92 Å². The normalized spacial score (nSPS) is 12.4. The lowest BCUT2D eigenvalue weighted by molar-refractivity contribution is -0.141. The molecular weight excluding hydrogens is 748 g/mol. The van der Waals surface area contributed by atoms with E-state index in [0.29, 0.717) is 17.1 Å². The zero-order valence-electron chi connectivity index (χ0n) is 31.0. The van der Waals surface area contributed by atoms with Crippen LogP contribution in [0.1, 0.15) is 36.0 Å². The van der Waals surface area contributed by atoms with Crippen molar-refractivity contribution in [3.8, 4) is 5.75 Å². The molecule has 0 spiro atoms. The number of benzene rings is 2. The largest absolute Gasteiger partial charge is 0.492 e. The highest BCUT2D eigenvalue weighted by molar-refractivity contribution is 6.13. The van der Waals surface area contributed by atoms with E-state index < -0.39 is 60.7 Å². The number of aliphatic imine (C=N–C) groups is 1. The fourth-order valence-electron chi connectivity index (χ4n) is 4.99. The van der Waals surface area contributed by atoms with Crippen molar-refractivity contribution >= 4 is 64.5 Å². The number of ether oxygens (including phenoxy) is 3. The van der Waals surface area contributed by atoms with Gasteiger partial charge in [-0.25, -0.2) is 4.99 Å². The first-order chi connectivity index (χ1) is 27.3. The Hall–Kier alpha value is -6.67. The summed E-state index contributed by atoms with van der Waals surface area (Å²) in [5.74, 6) is -5.52. The van der Waals surface area contributed by atoms with Gasteiger partial charge in [0.25, 0.3) is 17.7 Å². The average Bonchev–Trinajstić information content (AvgIpc) is 3.49. The van der Waals surface area contributed by atoms with E-state index in [1.165, 1.54) is 24.3 Å². The second kappa shape index (κ2) is 24.0. The van der Waals surface area contributed by atoms with Crippen molar-refractivity contribution in [2.45, 2.75) is 25.7 Å². The van der Waals surface area contributed by atoms with Crippen LogP contribution in [0.2, 0.25) is 0 Å². The summed E-state index contributed by atoms with van der Waals surface area (Å²) in [4.78, 5) is 101. The van der Waals surface area contributed by atoms with Gasteiger partial charge in [-0.05, 0) is 42.5 Å². The van der Waals surface area contributed by atoms with Crippen LogP contribution in [0.4, 0.5) is 11.4 Å². The monoisotopic (exact) mass is 794 g/mol. The molecule has 0 aliphatic carbocycles. The smallest absolute Gasteiger partial charge is 0.304 e.